The van der Waals surface area contributed by atoms with Gasteiger partial charge in [0, 0.05) is 29.8 Å². The molecule has 3 rings (SSSR count). The summed E-state index contributed by atoms with van der Waals surface area (Å²) in [5.74, 6) is 1.60. The molecule has 5 nitrogen and oxygen atoms in total. The van der Waals surface area contributed by atoms with Gasteiger partial charge in [-0.3, -0.25) is 4.79 Å². The first-order valence-corrected chi connectivity index (χ1v) is 8.91. The van der Waals surface area contributed by atoms with Gasteiger partial charge in [0.25, 0.3) is 5.91 Å². The maximum atomic E-state index is 12.7. The second-order valence-electron chi connectivity index (χ2n) is 6.64. The fourth-order valence-electron chi connectivity index (χ4n) is 2.55. The smallest absolute Gasteiger partial charge is 0.276 e. The van der Waals surface area contributed by atoms with Crippen molar-refractivity contribution < 1.29 is 9.32 Å². The number of thiazole rings is 1. The molecule has 124 valence electrons. The monoisotopic (exact) mass is 333 g/mol. The summed E-state index contributed by atoms with van der Waals surface area (Å²) in [6.45, 7) is 8.31. The quantitative estimate of drug-likeness (QED) is 0.819. The van der Waals surface area contributed by atoms with Gasteiger partial charge < -0.3 is 9.42 Å². The molecule has 0 bridgehead atoms. The Bertz CT molecular complexity index is 715. The van der Waals surface area contributed by atoms with Crippen molar-refractivity contribution in [2.75, 3.05) is 7.05 Å². The molecule has 6 heteroatoms. The Balaban J connectivity index is 1.77. The summed E-state index contributed by atoms with van der Waals surface area (Å²) in [5, 5.41) is 5.07. The number of carbonyl (C=O) groups is 1. The number of hydrogen-bond acceptors (Lipinski definition) is 5. The van der Waals surface area contributed by atoms with E-state index < -0.39 is 0 Å². The van der Waals surface area contributed by atoms with E-state index in [-0.39, 0.29) is 11.9 Å². The van der Waals surface area contributed by atoms with Crippen LogP contribution in [0.25, 0.3) is 0 Å². The van der Waals surface area contributed by atoms with Crippen LogP contribution >= 0.6 is 11.3 Å². The molecular formula is C17H23N3O2S. The SMILES string of the molecule is Cc1nc(C(C)C)sc1C(C)N(C)C(=O)c1cc(C2CC2)on1. The van der Waals surface area contributed by atoms with E-state index in [0.29, 0.717) is 17.5 Å². The number of hydrogen-bond donors (Lipinski definition) is 0. The first-order chi connectivity index (χ1) is 10.9. The molecule has 1 aliphatic rings. The van der Waals surface area contributed by atoms with Crippen molar-refractivity contribution in [2.24, 2.45) is 0 Å². The largest absolute Gasteiger partial charge is 0.360 e. The molecule has 2 heterocycles. The van der Waals surface area contributed by atoms with E-state index in [1.807, 2.05) is 20.9 Å². The molecule has 2 aromatic heterocycles. The Morgan fingerprint density at radius 3 is 2.65 bits per heavy atom. The van der Waals surface area contributed by atoms with Crippen molar-refractivity contribution in [3.8, 4) is 0 Å². The Hall–Kier alpha value is -1.69. The summed E-state index contributed by atoms with van der Waals surface area (Å²) in [6, 6.07) is 1.76. The van der Waals surface area contributed by atoms with Crippen LogP contribution in [0.15, 0.2) is 10.6 Å². The normalized spacial score (nSPS) is 15.9. The lowest BCUT2D eigenvalue weighted by Gasteiger charge is -2.23. The van der Waals surface area contributed by atoms with Crippen molar-refractivity contribution >= 4 is 17.2 Å². The summed E-state index contributed by atoms with van der Waals surface area (Å²) in [7, 11) is 1.81. The summed E-state index contributed by atoms with van der Waals surface area (Å²) >= 11 is 1.69. The highest BCUT2D eigenvalue weighted by Crippen LogP contribution is 2.40. The van der Waals surface area contributed by atoms with Crippen LogP contribution in [0.1, 0.15) is 83.3 Å². The van der Waals surface area contributed by atoms with Crippen LogP contribution in [0.4, 0.5) is 0 Å². The molecule has 0 saturated heterocycles. The number of aryl methyl sites for hydroxylation is 1. The van der Waals surface area contributed by atoms with Gasteiger partial charge in [0.2, 0.25) is 0 Å². The summed E-state index contributed by atoms with van der Waals surface area (Å²) in [5.41, 5.74) is 1.40. The third-order valence-electron chi connectivity index (χ3n) is 4.35. The van der Waals surface area contributed by atoms with E-state index in [4.69, 9.17) is 4.52 Å². The van der Waals surface area contributed by atoms with Gasteiger partial charge in [-0.15, -0.1) is 11.3 Å². The van der Waals surface area contributed by atoms with Crippen LogP contribution in [-0.4, -0.2) is 28.0 Å². The lowest BCUT2D eigenvalue weighted by Crippen LogP contribution is -2.29. The predicted molar refractivity (Wildman–Crippen MR) is 89.9 cm³/mol. The van der Waals surface area contributed by atoms with Crippen molar-refractivity contribution in [1.82, 2.24) is 15.0 Å². The third kappa shape index (κ3) is 3.17. The minimum absolute atomic E-state index is 0.0337. The van der Waals surface area contributed by atoms with E-state index in [9.17, 15) is 4.79 Å². The molecule has 2 aromatic rings. The second-order valence-corrected chi connectivity index (χ2v) is 7.70. The number of carbonyl (C=O) groups excluding carboxylic acids is 1. The molecule has 0 radical (unpaired) electrons. The number of nitrogens with zero attached hydrogens (tertiary/aromatic N) is 3. The minimum atomic E-state index is -0.105. The Kier molecular flexibility index (Phi) is 4.27. The zero-order valence-electron chi connectivity index (χ0n) is 14.3. The van der Waals surface area contributed by atoms with E-state index in [2.05, 4.69) is 24.0 Å². The number of rotatable bonds is 5. The van der Waals surface area contributed by atoms with Gasteiger partial charge in [-0.25, -0.2) is 4.98 Å². The topological polar surface area (TPSA) is 59.2 Å². The maximum absolute atomic E-state index is 12.7. The molecule has 1 fully saturated rings. The molecule has 1 amide bonds. The first kappa shape index (κ1) is 16.2. The predicted octanol–water partition coefficient (Wildman–Crippen LogP) is 4.27. The lowest BCUT2D eigenvalue weighted by molar-refractivity contribution is 0.0734. The highest BCUT2D eigenvalue weighted by Gasteiger charge is 2.30. The van der Waals surface area contributed by atoms with Gasteiger partial charge >= 0.3 is 0 Å². The first-order valence-electron chi connectivity index (χ1n) is 8.09. The Morgan fingerprint density at radius 1 is 1.39 bits per heavy atom. The molecule has 0 N–H and O–H groups in total. The maximum Gasteiger partial charge on any atom is 0.276 e. The van der Waals surface area contributed by atoms with Crippen molar-refractivity contribution in [1.29, 1.82) is 0 Å². The van der Waals surface area contributed by atoms with Crippen molar-refractivity contribution in [3.05, 3.63) is 33.1 Å². The molecule has 23 heavy (non-hydrogen) atoms. The summed E-state index contributed by atoms with van der Waals surface area (Å²) in [4.78, 5) is 20.1. The average molecular weight is 333 g/mol. The van der Waals surface area contributed by atoms with Gasteiger partial charge in [-0.2, -0.15) is 0 Å². The third-order valence-corrected chi connectivity index (χ3v) is 5.98. The van der Waals surface area contributed by atoms with Gasteiger partial charge in [-0.1, -0.05) is 19.0 Å². The van der Waals surface area contributed by atoms with Crippen molar-refractivity contribution in [2.45, 2.75) is 58.4 Å². The van der Waals surface area contributed by atoms with Gasteiger partial charge in [-0.05, 0) is 26.7 Å². The average Bonchev–Trinajstić information content (AvgIpc) is 3.11. The molecule has 0 aliphatic heterocycles. The minimum Gasteiger partial charge on any atom is -0.360 e. The molecule has 0 spiro atoms. The van der Waals surface area contributed by atoms with Crippen molar-refractivity contribution in [3.63, 3.8) is 0 Å². The molecule has 1 atom stereocenters. The standard InChI is InChI=1S/C17H23N3O2S/c1-9(2)16-18-10(3)15(23-16)11(4)20(5)17(21)13-8-14(22-19-13)12-6-7-12/h8-9,11-12H,6-7H2,1-5H3. The Labute approximate surface area is 140 Å². The van der Waals surface area contributed by atoms with Gasteiger partial charge in [0.05, 0.1) is 16.7 Å². The molecule has 0 aromatic carbocycles. The van der Waals surface area contributed by atoms with Gasteiger partial charge in [0.15, 0.2) is 5.69 Å². The second kappa shape index (κ2) is 6.07. The van der Waals surface area contributed by atoms with Crippen LogP contribution in [0.3, 0.4) is 0 Å². The van der Waals surface area contributed by atoms with Crippen LogP contribution < -0.4 is 0 Å². The van der Waals surface area contributed by atoms with E-state index in [1.54, 1.807) is 22.3 Å². The summed E-state index contributed by atoms with van der Waals surface area (Å²) in [6.07, 6.45) is 2.26. The zero-order valence-corrected chi connectivity index (χ0v) is 15.1. The van der Waals surface area contributed by atoms with Crippen LogP contribution in [-0.2, 0) is 0 Å². The molecule has 1 aliphatic carbocycles. The highest BCUT2D eigenvalue weighted by atomic mass is 32.1. The van der Waals surface area contributed by atoms with E-state index >= 15 is 0 Å². The lowest BCUT2D eigenvalue weighted by atomic mass is 10.2. The fourth-order valence-corrected chi connectivity index (χ4v) is 3.71. The molecule has 1 unspecified atom stereocenters. The van der Waals surface area contributed by atoms with Crippen LogP contribution in [0.2, 0.25) is 0 Å². The summed E-state index contributed by atoms with van der Waals surface area (Å²) < 4.78 is 5.30. The zero-order chi connectivity index (χ0) is 16.7. The number of amides is 1. The molecule has 1 saturated carbocycles. The van der Waals surface area contributed by atoms with E-state index in [0.717, 1.165) is 34.2 Å². The van der Waals surface area contributed by atoms with Crippen LogP contribution in [0, 0.1) is 6.92 Å². The highest BCUT2D eigenvalue weighted by molar-refractivity contribution is 7.11. The fraction of sp³-hybridized carbons (Fsp3) is 0.588. The Morgan fingerprint density at radius 2 is 2.09 bits per heavy atom. The molecular weight excluding hydrogens is 310 g/mol. The van der Waals surface area contributed by atoms with E-state index in [1.165, 1.54) is 0 Å². The number of aromatic nitrogens is 2. The van der Waals surface area contributed by atoms with Gasteiger partial charge in [0.1, 0.15) is 5.76 Å². The van der Waals surface area contributed by atoms with Crippen LogP contribution in [0.5, 0.6) is 0 Å².